The van der Waals surface area contributed by atoms with Gasteiger partial charge in [0.15, 0.2) is 5.96 Å². The van der Waals surface area contributed by atoms with Crippen LogP contribution in [0.1, 0.15) is 49.7 Å². The van der Waals surface area contributed by atoms with Gasteiger partial charge in [-0.1, -0.05) is 49.6 Å². The van der Waals surface area contributed by atoms with Crippen LogP contribution in [0, 0.1) is 5.92 Å². The smallest absolute Gasteiger partial charge is 0.225 e. The number of aliphatic imine (C=N–C) groups is 1. The van der Waals surface area contributed by atoms with Crippen molar-refractivity contribution in [2.75, 3.05) is 20.1 Å². The molecule has 1 aromatic heterocycles. The van der Waals surface area contributed by atoms with Crippen molar-refractivity contribution in [1.82, 2.24) is 20.5 Å². The molecule has 1 aliphatic heterocycles. The zero-order valence-corrected chi connectivity index (χ0v) is 19.5. The molecule has 1 aliphatic carbocycles. The monoisotopic (exact) mass is 449 g/mol. The molecule has 0 bridgehead atoms. The van der Waals surface area contributed by atoms with E-state index in [1.54, 1.807) is 13.2 Å². The van der Waals surface area contributed by atoms with Crippen molar-refractivity contribution in [3.63, 3.8) is 0 Å². The molecule has 2 N–H and O–H groups in total. The zero-order chi connectivity index (χ0) is 22.9. The maximum Gasteiger partial charge on any atom is 0.225 e. The summed E-state index contributed by atoms with van der Waals surface area (Å²) in [4.78, 5) is 23.5. The second-order valence-electron chi connectivity index (χ2n) is 8.95. The Morgan fingerprint density at radius 1 is 1.12 bits per heavy atom. The zero-order valence-electron chi connectivity index (χ0n) is 19.5. The topological polar surface area (TPSA) is 78.9 Å². The Morgan fingerprint density at radius 2 is 1.94 bits per heavy atom. The molecule has 2 aromatic rings. The normalized spacial score (nSPS) is 19.4. The van der Waals surface area contributed by atoms with Crippen LogP contribution in [0.4, 0.5) is 0 Å². The summed E-state index contributed by atoms with van der Waals surface area (Å²) in [6.45, 7) is 2.69. The van der Waals surface area contributed by atoms with Gasteiger partial charge in [-0.15, -0.1) is 0 Å². The van der Waals surface area contributed by atoms with Crippen LogP contribution in [-0.2, 0) is 17.9 Å². The molecule has 7 heteroatoms. The lowest BCUT2D eigenvalue weighted by molar-refractivity contribution is -0.135. The first kappa shape index (κ1) is 23.1. The Morgan fingerprint density at radius 3 is 2.73 bits per heavy atom. The minimum absolute atomic E-state index is 0.228. The molecule has 1 aromatic carbocycles. The lowest BCUT2D eigenvalue weighted by atomic mass is 9.88. The molecule has 0 radical (unpaired) electrons. The quantitative estimate of drug-likeness (QED) is 0.500. The predicted molar refractivity (Wildman–Crippen MR) is 130 cm³/mol. The van der Waals surface area contributed by atoms with E-state index in [9.17, 15) is 4.79 Å². The average Bonchev–Trinajstić information content (AvgIpc) is 3.35. The van der Waals surface area contributed by atoms with E-state index in [4.69, 9.17) is 4.74 Å². The van der Waals surface area contributed by atoms with E-state index < -0.39 is 0 Å². The number of nitrogens with zero attached hydrogens (tertiary/aromatic N) is 3. The number of amides is 1. The number of rotatable bonds is 7. The molecule has 1 atom stereocenters. The third kappa shape index (κ3) is 6.70. The van der Waals surface area contributed by atoms with E-state index >= 15 is 0 Å². The van der Waals surface area contributed by atoms with Gasteiger partial charge >= 0.3 is 0 Å². The first-order chi connectivity index (χ1) is 16.2. The Labute approximate surface area is 196 Å². The fraction of sp³-hybridized carbons (Fsp3) is 0.500. The van der Waals surface area contributed by atoms with Crippen molar-refractivity contribution in [3.05, 3.63) is 59.8 Å². The molecule has 2 heterocycles. The van der Waals surface area contributed by atoms with E-state index in [1.807, 2.05) is 47.4 Å². The van der Waals surface area contributed by atoms with Crippen LogP contribution in [0.15, 0.2) is 53.7 Å². The van der Waals surface area contributed by atoms with E-state index in [1.165, 1.54) is 19.3 Å². The molecule has 2 fully saturated rings. The Balaban J connectivity index is 1.23. The standard InChI is InChI=1S/C26H35N5O2/c1-27-26(30-23-13-15-31(18-23)25(32)22-10-6-3-7-11-22)29-17-21-12-14-28-24(16-21)33-19-20-8-4-2-5-9-20/h2,4-5,8-9,12,14,16,22-23H,3,6-7,10-11,13,15,17-19H2,1H3,(H2,27,29,30). The number of pyridine rings is 1. The van der Waals surface area contributed by atoms with E-state index in [-0.39, 0.29) is 12.0 Å². The second-order valence-corrected chi connectivity index (χ2v) is 8.95. The highest BCUT2D eigenvalue weighted by molar-refractivity contribution is 5.81. The van der Waals surface area contributed by atoms with E-state index in [2.05, 4.69) is 20.6 Å². The predicted octanol–water partition coefficient (Wildman–Crippen LogP) is 3.51. The maximum absolute atomic E-state index is 12.8. The largest absolute Gasteiger partial charge is 0.473 e. The average molecular weight is 450 g/mol. The summed E-state index contributed by atoms with van der Waals surface area (Å²) >= 11 is 0. The van der Waals surface area contributed by atoms with Gasteiger partial charge in [0.2, 0.25) is 11.8 Å². The molecule has 2 aliphatic rings. The van der Waals surface area contributed by atoms with Crippen LogP contribution in [0.2, 0.25) is 0 Å². The number of carbonyl (C=O) groups is 1. The van der Waals surface area contributed by atoms with Crippen molar-refractivity contribution in [2.24, 2.45) is 10.9 Å². The van der Waals surface area contributed by atoms with Gasteiger partial charge in [-0.2, -0.15) is 0 Å². The molecule has 33 heavy (non-hydrogen) atoms. The SMILES string of the molecule is CN=C(NCc1ccnc(OCc2ccccc2)c1)NC1CCN(C(=O)C2CCCCC2)C1. The Kier molecular flexibility index (Phi) is 8.17. The minimum Gasteiger partial charge on any atom is -0.473 e. The highest BCUT2D eigenvalue weighted by Gasteiger charge is 2.31. The first-order valence-electron chi connectivity index (χ1n) is 12.1. The number of likely N-dealkylation sites (tertiary alicyclic amines) is 1. The molecule has 1 amide bonds. The van der Waals surface area contributed by atoms with Gasteiger partial charge in [-0.25, -0.2) is 4.98 Å². The van der Waals surface area contributed by atoms with Crippen LogP contribution in [-0.4, -0.2) is 47.9 Å². The fourth-order valence-corrected chi connectivity index (χ4v) is 4.63. The van der Waals surface area contributed by atoms with Crippen molar-refractivity contribution in [2.45, 2.75) is 57.7 Å². The number of aromatic nitrogens is 1. The van der Waals surface area contributed by atoms with Gasteiger partial charge in [0, 0.05) is 50.9 Å². The minimum atomic E-state index is 0.228. The molecule has 1 saturated carbocycles. The molecule has 0 spiro atoms. The van der Waals surface area contributed by atoms with E-state index in [0.717, 1.165) is 49.4 Å². The number of guanidine groups is 1. The summed E-state index contributed by atoms with van der Waals surface area (Å²) in [6.07, 6.45) is 8.48. The first-order valence-corrected chi connectivity index (χ1v) is 12.1. The molecule has 4 rings (SSSR count). The lowest BCUT2D eigenvalue weighted by Gasteiger charge is -2.26. The molecule has 1 saturated heterocycles. The molecular formula is C26H35N5O2. The third-order valence-corrected chi connectivity index (χ3v) is 6.51. The second kappa shape index (κ2) is 11.7. The molecule has 1 unspecified atom stereocenters. The van der Waals surface area contributed by atoms with Crippen LogP contribution in [0.5, 0.6) is 5.88 Å². The number of benzene rings is 1. The third-order valence-electron chi connectivity index (χ3n) is 6.51. The number of ether oxygens (including phenoxy) is 1. The van der Waals surface area contributed by atoms with Crippen LogP contribution >= 0.6 is 0 Å². The summed E-state index contributed by atoms with van der Waals surface area (Å²) in [5, 5.41) is 6.86. The van der Waals surface area contributed by atoms with Crippen molar-refractivity contribution < 1.29 is 9.53 Å². The van der Waals surface area contributed by atoms with Gasteiger partial charge in [0.1, 0.15) is 6.61 Å². The molecular weight excluding hydrogens is 414 g/mol. The number of hydrogen-bond donors (Lipinski definition) is 2. The summed E-state index contributed by atoms with van der Waals surface area (Å²) in [5.74, 6) is 1.94. The van der Waals surface area contributed by atoms with Crippen molar-refractivity contribution in [3.8, 4) is 5.88 Å². The molecule has 7 nitrogen and oxygen atoms in total. The van der Waals surface area contributed by atoms with Crippen LogP contribution in [0.25, 0.3) is 0 Å². The van der Waals surface area contributed by atoms with Gasteiger partial charge in [0.05, 0.1) is 0 Å². The summed E-state index contributed by atoms with van der Waals surface area (Å²) in [5.41, 5.74) is 2.18. The van der Waals surface area contributed by atoms with Gasteiger partial charge in [-0.3, -0.25) is 9.79 Å². The van der Waals surface area contributed by atoms with Gasteiger partial charge in [-0.05, 0) is 36.5 Å². The van der Waals surface area contributed by atoms with Crippen LogP contribution < -0.4 is 15.4 Å². The van der Waals surface area contributed by atoms with Crippen molar-refractivity contribution in [1.29, 1.82) is 0 Å². The number of nitrogens with one attached hydrogen (secondary N) is 2. The summed E-state index contributed by atoms with van der Waals surface area (Å²) in [7, 11) is 1.77. The maximum atomic E-state index is 12.8. The lowest BCUT2D eigenvalue weighted by Crippen LogP contribution is -2.45. The Bertz CT molecular complexity index is 927. The highest BCUT2D eigenvalue weighted by atomic mass is 16.5. The summed E-state index contributed by atoms with van der Waals surface area (Å²) in [6, 6.07) is 14.2. The Hall–Kier alpha value is -3.09. The fourth-order valence-electron chi connectivity index (χ4n) is 4.63. The molecule has 176 valence electrons. The summed E-state index contributed by atoms with van der Waals surface area (Å²) < 4.78 is 5.84. The van der Waals surface area contributed by atoms with E-state index in [0.29, 0.717) is 24.9 Å². The van der Waals surface area contributed by atoms with Crippen LogP contribution in [0.3, 0.4) is 0 Å². The van der Waals surface area contributed by atoms with Gasteiger partial charge in [0.25, 0.3) is 0 Å². The highest BCUT2D eigenvalue weighted by Crippen LogP contribution is 2.26. The van der Waals surface area contributed by atoms with Gasteiger partial charge < -0.3 is 20.3 Å². The number of carbonyl (C=O) groups excluding carboxylic acids is 1. The van der Waals surface area contributed by atoms with Crippen molar-refractivity contribution >= 4 is 11.9 Å². The number of hydrogen-bond acceptors (Lipinski definition) is 4.